The number of para-hydroxylation sites is 1. The van der Waals surface area contributed by atoms with Crippen LogP contribution in [0.1, 0.15) is 22.8 Å². The van der Waals surface area contributed by atoms with Crippen molar-refractivity contribution in [2.24, 2.45) is 0 Å². The summed E-state index contributed by atoms with van der Waals surface area (Å²) >= 11 is 0. The van der Waals surface area contributed by atoms with Crippen molar-refractivity contribution in [3.8, 4) is 5.75 Å². The van der Waals surface area contributed by atoms with Gasteiger partial charge < -0.3 is 4.74 Å². The topological polar surface area (TPSA) is 39.2 Å². The van der Waals surface area contributed by atoms with Crippen molar-refractivity contribution in [3.63, 3.8) is 0 Å². The first-order valence-electron chi connectivity index (χ1n) is 6.91. The molecule has 3 rings (SSSR count). The number of hydrogen-bond donors (Lipinski definition) is 0. The Hall–Kier alpha value is -2.68. The van der Waals surface area contributed by atoms with Gasteiger partial charge in [0, 0.05) is 22.7 Å². The van der Waals surface area contributed by atoms with E-state index in [-0.39, 0.29) is 5.78 Å². The van der Waals surface area contributed by atoms with Crippen LogP contribution in [0.3, 0.4) is 0 Å². The Morgan fingerprint density at radius 3 is 2.57 bits per heavy atom. The van der Waals surface area contributed by atoms with Crippen LogP contribution in [0.2, 0.25) is 0 Å². The number of carbonyl (C=O) groups is 1. The minimum atomic E-state index is -0.0256. The molecular formula is C18H15NO2. The normalized spacial score (nSPS) is 10.5. The Kier molecular flexibility index (Phi) is 3.65. The zero-order chi connectivity index (χ0) is 14.7. The van der Waals surface area contributed by atoms with Gasteiger partial charge in [-0.15, -0.1) is 0 Å². The molecule has 0 radical (unpaired) electrons. The number of ketones is 1. The first kappa shape index (κ1) is 13.3. The summed E-state index contributed by atoms with van der Waals surface area (Å²) in [6.45, 7) is 2.54. The lowest BCUT2D eigenvalue weighted by molar-refractivity contribution is 0.104. The summed E-state index contributed by atoms with van der Waals surface area (Å²) in [5.41, 5.74) is 1.99. The Bertz CT molecular complexity index is 773. The highest BCUT2D eigenvalue weighted by Gasteiger charge is 2.13. The maximum absolute atomic E-state index is 12.6. The van der Waals surface area contributed by atoms with Crippen LogP contribution in [0.5, 0.6) is 5.75 Å². The molecule has 0 fully saturated rings. The largest absolute Gasteiger partial charge is 0.494 e. The molecule has 0 aliphatic carbocycles. The van der Waals surface area contributed by atoms with Crippen LogP contribution in [0.25, 0.3) is 10.9 Å². The number of carbonyl (C=O) groups excluding carboxylic acids is 1. The molecule has 3 nitrogen and oxygen atoms in total. The summed E-state index contributed by atoms with van der Waals surface area (Å²) in [7, 11) is 0. The van der Waals surface area contributed by atoms with Crippen molar-refractivity contribution < 1.29 is 9.53 Å². The maximum Gasteiger partial charge on any atom is 0.195 e. The van der Waals surface area contributed by atoms with Crippen LogP contribution in [0.15, 0.2) is 60.8 Å². The van der Waals surface area contributed by atoms with E-state index in [1.165, 1.54) is 0 Å². The average Bonchev–Trinajstić information content (AvgIpc) is 2.55. The van der Waals surface area contributed by atoms with Gasteiger partial charge in [-0.25, -0.2) is 0 Å². The monoisotopic (exact) mass is 277 g/mol. The second kappa shape index (κ2) is 5.75. The third-order valence-electron chi connectivity index (χ3n) is 3.30. The van der Waals surface area contributed by atoms with E-state index >= 15 is 0 Å². The molecule has 3 aromatic rings. The summed E-state index contributed by atoms with van der Waals surface area (Å²) in [5, 5.41) is 0.967. The minimum absolute atomic E-state index is 0.0256. The number of benzene rings is 2. The fourth-order valence-electron chi connectivity index (χ4n) is 2.31. The summed E-state index contributed by atoms with van der Waals surface area (Å²) in [6.07, 6.45) is 1.71. The predicted molar refractivity (Wildman–Crippen MR) is 82.8 cm³/mol. The lowest BCUT2D eigenvalue weighted by Crippen LogP contribution is -2.03. The molecule has 3 heteroatoms. The number of fused-ring (bicyclic) bond motifs is 1. The molecule has 2 aromatic carbocycles. The standard InChI is InChI=1S/C18H15NO2/c1-2-21-15-10-8-14(9-11-15)18(20)16-7-3-5-13-6-4-12-19-17(13)16/h3-12H,2H2,1H3. The molecule has 0 N–H and O–H groups in total. The van der Waals surface area contributed by atoms with Gasteiger partial charge in [0.15, 0.2) is 5.78 Å². The Balaban J connectivity index is 2.00. The molecule has 1 aromatic heterocycles. The molecule has 0 bridgehead atoms. The molecule has 0 aliphatic rings. The van der Waals surface area contributed by atoms with Crippen LogP contribution in [0.4, 0.5) is 0 Å². The molecule has 0 atom stereocenters. The van der Waals surface area contributed by atoms with E-state index in [1.54, 1.807) is 18.3 Å². The zero-order valence-corrected chi connectivity index (χ0v) is 11.7. The van der Waals surface area contributed by atoms with Gasteiger partial charge in [-0.3, -0.25) is 9.78 Å². The van der Waals surface area contributed by atoms with E-state index in [1.807, 2.05) is 49.4 Å². The van der Waals surface area contributed by atoms with Gasteiger partial charge in [0.1, 0.15) is 5.75 Å². The SMILES string of the molecule is CCOc1ccc(C(=O)c2cccc3cccnc23)cc1. The van der Waals surface area contributed by atoms with Crippen molar-refractivity contribution in [2.45, 2.75) is 6.92 Å². The number of nitrogens with zero attached hydrogens (tertiary/aromatic N) is 1. The van der Waals surface area contributed by atoms with Crippen LogP contribution in [0, 0.1) is 0 Å². The molecule has 0 unspecified atom stereocenters. The summed E-state index contributed by atoms with van der Waals surface area (Å²) in [6, 6.07) is 16.7. The van der Waals surface area contributed by atoms with E-state index in [0.717, 1.165) is 16.7 Å². The van der Waals surface area contributed by atoms with E-state index in [4.69, 9.17) is 4.74 Å². The average molecular weight is 277 g/mol. The van der Waals surface area contributed by atoms with E-state index < -0.39 is 0 Å². The second-order valence-corrected chi connectivity index (χ2v) is 4.67. The molecule has 0 amide bonds. The lowest BCUT2D eigenvalue weighted by atomic mass is 10.0. The Morgan fingerprint density at radius 2 is 1.81 bits per heavy atom. The number of ether oxygens (including phenoxy) is 1. The van der Waals surface area contributed by atoms with E-state index in [0.29, 0.717) is 17.7 Å². The third kappa shape index (κ3) is 2.63. The lowest BCUT2D eigenvalue weighted by Gasteiger charge is -2.06. The van der Waals surface area contributed by atoms with Crippen LogP contribution < -0.4 is 4.74 Å². The maximum atomic E-state index is 12.6. The van der Waals surface area contributed by atoms with Crippen LogP contribution >= 0.6 is 0 Å². The fourth-order valence-corrected chi connectivity index (χ4v) is 2.31. The summed E-state index contributed by atoms with van der Waals surface area (Å²) in [4.78, 5) is 17.0. The van der Waals surface area contributed by atoms with Crippen LogP contribution in [-0.4, -0.2) is 17.4 Å². The highest BCUT2D eigenvalue weighted by atomic mass is 16.5. The van der Waals surface area contributed by atoms with E-state index in [2.05, 4.69) is 4.98 Å². The smallest absolute Gasteiger partial charge is 0.195 e. The van der Waals surface area contributed by atoms with Gasteiger partial charge in [0.25, 0.3) is 0 Å². The molecule has 1 heterocycles. The minimum Gasteiger partial charge on any atom is -0.494 e. The molecule has 0 spiro atoms. The van der Waals surface area contributed by atoms with Crippen LogP contribution in [-0.2, 0) is 0 Å². The van der Waals surface area contributed by atoms with Gasteiger partial charge in [-0.1, -0.05) is 18.2 Å². The van der Waals surface area contributed by atoms with E-state index in [9.17, 15) is 4.79 Å². The molecule has 0 aliphatic heterocycles. The highest BCUT2D eigenvalue weighted by molar-refractivity contribution is 6.15. The molecule has 0 saturated heterocycles. The number of rotatable bonds is 4. The number of pyridine rings is 1. The van der Waals surface area contributed by atoms with Gasteiger partial charge in [0.05, 0.1) is 12.1 Å². The van der Waals surface area contributed by atoms with Gasteiger partial charge in [0.2, 0.25) is 0 Å². The zero-order valence-electron chi connectivity index (χ0n) is 11.7. The quantitative estimate of drug-likeness (QED) is 0.680. The first-order valence-corrected chi connectivity index (χ1v) is 6.91. The highest BCUT2D eigenvalue weighted by Crippen LogP contribution is 2.20. The third-order valence-corrected chi connectivity index (χ3v) is 3.30. The summed E-state index contributed by atoms with van der Waals surface area (Å²) in [5.74, 6) is 0.743. The molecule has 104 valence electrons. The van der Waals surface area contributed by atoms with Crippen molar-refractivity contribution in [1.29, 1.82) is 0 Å². The number of hydrogen-bond acceptors (Lipinski definition) is 3. The predicted octanol–water partition coefficient (Wildman–Crippen LogP) is 3.86. The van der Waals surface area contributed by atoms with Gasteiger partial charge >= 0.3 is 0 Å². The molecule has 21 heavy (non-hydrogen) atoms. The van der Waals surface area contributed by atoms with Crippen molar-refractivity contribution in [1.82, 2.24) is 4.98 Å². The molecule has 0 saturated carbocycles. The van der Waals surface area contributed by atoms with Crippen molar-refractivity contribution >= 4 is 16.7 Å². The molecular weight excluding hydrogens is 262 g/mol. The number of aromatic nitrogens is 1. The second-order valence-electron chi connectivity index (χ2n) is 4.67. The van der Waals surface area contributed by atoms with Gasteiger partial charge in [-0.2, -0.15) is 0 Å². The summed E-state index contributed by atoms with van der Waals surface area (Å²) < 4.78 is 5.39. The van der Waals surface area contributed by atoms with Crippen molar-refractivity contribution in [3.05, 3.63) is 71.9 Å². The first-order chi connectivity index (χ1) is 10.3. The Labute approximate surface area is 123 Å². The van der Waals surface area contributed by atoms with Gasteiger partial charge in [-0.05, 0) is 43.3 Å². The fraction of sp³-hybridized carbons (Fsp3) is 0.111. The Morgan fingerprint density at radius 1 is 1.05 bits per heavy atom. The van der Waals surface area contributed by atoms with Crippen molar-refractivity contribution in [2.75, 3.05) is 6.61 Å².